The van der Waals surface area contributed by atoms with Gasteiger partial charge in [-0.1, -0.05) is 13.8 Å². The van der Waals surface area contributed by atoms with Crippen molar-refractivity contribution in [3.63, 3.8) is 0 Å². The molecule has 5 nitrogen and oxygen atoms in total. The van der Waals surface area contributed by atoms with Gasteiger partial charge >= 0.3 is 0 Å². The lowest BCUT2D eigenvalue weighted by atomic mass is 9.44. The molecule has 0 heterocycles. The van der Waals surface area contributed by atoms with E-state index in [9.17, 15) is 0 Å². The average molecular weight is 727 g/mol. The summed E-state index contributed by atoms with van der Waals surface area (Å²) in [5, 5.41) is 0. The van der Waals surface area contributed by atoms with E-state index in [0.717, 1.165) is 19.3 Å². The van der Waals surface area contributed by atoms with Crippen molar-refractivity contribution in [2.75, 3.05) is 6.61 Å². The highest BCUT2D eigenvalue weighted by atomic mass is 28.4. The molecule has 3 fully saturated rings. The maximum absolute atomic E-state index is 7.69. The predicted molar refractivity (Wildman–Crippen MR) is 208 cm³/mol. The van der Waals surface area contributed by atoms with Crippen LogP contribution in [0.2, 0.25) is 98.2 Å². The van der Waals surface area contributed by atoms with Gasteiger partial charge in [-0.15, -0.1) is 0 Å². The van der Waals surface area contributed by atoms with Crippen LogP contribution in [-0.2, 0) is 22.1 Å². The molecule has 0 aromatic heterocycles. The van der Waals surface area contributed by atoms with Gasteiger partial charge in [0.15, 0.2) is 33.3 Å². The zero-order valence-electron chi connectivity index (χ0n) is 33.2. The molecule has 0 N–H and O–H groups in total. The van der Waals surface area contributed by atoms with Crippen LogP contribution in [0.1, 0.15) is 58.8 Å². The number of hydrogen-bond donors (Lipinski definition) is 0. The number of rotatable bonds is 12. The average Bonchev–Trinajstić information content (AvgIpc) is 3.09. The minimum Gasteiger partial charge on any atom is -0.548 e. The molecule has 0 bridgehead atoms. The topological polar surface area (TPSA) is 46.2 Å². The molecule has 0 spiro atoms. The van der Waals surface area contributed by atoms with Crippen LogP contribution in [-0.4, -0.2) is 66.0 Å². The molecule has 9 atom stereocenters. The highest BCUT2D eigenvalue weighted by Gasteiger charge is 2.70. The fourth-order valence-corrected chi connectivity index (χ4v) is 15.7. The summed E-state index contributed by atoms with van der Waals surface area (Å²) in [5.41, 5.74) is -0.163. The van der Waals surface area contributed by atoms with Crippen LogP contribution in [0.3, 0.4) is 0 Å². The van der Waals surface area contributed by atoms with E-state index >= 15 is 0 Å². The minimum absolute atomic E-state index is 0.0360. The van der Waals surface area contributed by atoms with Gasteiger partial charge < -0.3 is 22.1 Å². The number of hydrogen-bond acceptors (Lipinski definition) is 5. The molecule has 46 heavy (non-hydrogen) atoms. The number of allylic oxidation sites excluding steroid dienone is 2. The van der Waals surface area contributed by atoms with E-state index < -0.39 is 41.6 Å². The molecule has 0 aromatic carbocycles. The molecule has 0 saturated heterocycles. The first kappa shape index (κ1) is 39.3. The Morgan fingerprint density at radius 1 is 0.739 bits per heavy atom. The van der Waals surface area contributed by atoms with Gasteiger partial charge in [-0.05, 0) is 172 Å². The summed E-state index contributed by atoms with van der Waals surface area (Å²) in [7, 11) is -9.13. The highest BCUT2D eigenvalue weighted by Crippen LogP contribution is 2.70. The van der Waals surface area contributed by atoms with Crippen LogP contribution in [0.15, 0.2) is 11.8 Å². The Morgan fingerprint density at radius 3 is 1.89 bits per heavy atom. The third-order valence-corrected chi connectivity index (χ3v) is 16.3. The maximum atomic E-state index is 7.69. The SMILES string of the molecule is CC12CCC(O[Si](C)(C)C)=CC1CCC1C2C(O[Si](C)(C)C)CC2(C)C1CC[C@]2(O[Si](C)(C)C)C(CO[Si](C)(C)C)O[Si](C)(C)C. The molecule has 10 heteroatoms. The lowest BCUT2D eigenvalue weighted by Gasteiger charge is -2.65. The second-order valence-corrected chi connectivity index (χ2v) is 43.3. The molecule has 0 aromatic rings. The fraction of sp³-hybridized carbons (Fsp3) is 0.944. The van der Waals surface area contributed by atoms with Gasteiger partial charge in [-0.3, -0.25) is 0 Å². The zero-order chi connectivity index (χ0) is 34.9. The first-order valence-electron chi connectivity index (χ1n) is 18.7. The Bertz CT molecular complexity index is 1110. The lowest BCUT2D eigenvalue weighted by Crippen LogP contribution is -2.68. The summed E-state index contributed by atoms with van der Waals surface area (Å²) in [6, 6.07) is 0. The molecular weight excluding hydrogens is 653 g/mol. The Labute approximate surface area is 290 Å². The lowest BCUT2D eigenvalue weighted by molar-refractivity contribution is -0.204. The Kier molecular flexibility index (Phi) is 11.0. The summed E-state index contributed by atoms with van der Waals surface area (Å²) in [6.45, 7) is 41.2. The summed E-state index contributed by atoms with van der Waals surface area (Å²) in [6.07, 6.45) is 11.0. The van der Waals surface area contributed by atoms with Gasteiger partial charge in [0.05, 0.1) is 24.1 Å². The van der Waals surface area contributed by atoms with Crippen LogP contribution in [0.25, 0.3) is 0 Å². The minimum atomic E-state index is -1.97. The van der Waals surface area contributed by atoms with Crippen LogP contribution in [0.4, 0.5) is 0 Å². The van der Waals surface area contributed by atoms with E-state index in [1.54, 1.807) is 0 Å². The second kappa shape index (κ2) is 12.9. The van der Waals surface area contributed by atoms with E-state index in [2.05, 4.69) is 118 Å². The van der Waals surface area contributed by atoms with Crippen molar-refractivity contribution in [1.29, 1.82) is 0 Å². The molecule has 0 aliphatic heterocycles. The Hall–Kier alpha value is 0.464. The summed E-state index contributed by atoms with van der Waals surface area (Å²) >= 11 is 0. The summed E-state index contributed by atoms with van der Waals surface area (Å²) in [5.74, 6) is 3.67. The molecule has 0 amide bonds. The van der Waals surface area contributed by atoms with Crippen molar-refractivity contribution in [2.24, 2.45) is 34.5 Å². The van der Waals surface area contributed by atoms with Crippen molar-refractivity contribution in [2.45, 2.75) is 175 Å². The molecule has 3 saturated carbocycles. The number of fused-ring (bicyclic) bond motifs is 5. The quantitative estimate of drug-likeness (QED) is 0.187. The molecule has 4 aliphatic carbocycles. The standard InChI is InChI=1S/C36H74O5Si5/c1-34-22-20-28(38-43(6,7)8)24-27(34)18-19-29-30-21-23-36(41-46(15,16)17,32(40-45(12,13)14)26-37-42(3,4)5)35(30,2)25-31(33(29)34)39-44(9,10)11/h24,27,29-33H,18-23,25-26H2,1-17H3/t27?,29?,30?,31?,32?,33?,34?,35?,36-/m0/s1. The normalized spacial score (nSPS) is 38.0. The van der Waals surface area contributed by atoms with Crippen molar-refractivity contribution < 1.29 is 22.1 Å². The van der Waals surface area contributed by atoms with Gasteiger partial charge in [0, 0.05) is 17.9 Å². The third-order valence-electron chi connectivity index (χ3n) is 11.4. The first-order valence-corrected chi connectivity index (χ1v) is 35.7. The van der Waals surface area contributed by atoms with Gasteiger partial charge in [0.25, 0.3) is 0 Å². The van der Waals surface area contributed by atoms with Crippen LogP contribution in [0, 0.1) is 34.5 Å². The van der Waals surface area contributed by atoms with Crippen molar-refractivity contribution in [3.05, 3.63) is 11.8 Å². The van der Waals surface area contributed by atoms with E-state index in [1.165, 1.54) is 31.4 Å². The zero-order valence-corrected chi connectivity index (χ0v) is 38.2. The van der Waals surface area contributed by atoms with Gasteiger partial charge in [-0.25, -0.2) is 0 Å². The van der Waals surface area contributed by atoms with Gasteiger partial charge in [0.1, 0.15) is 0 Å². The molecule has 8 unspecified atom stereocenters. The smallest absolute Gasteiger partial charge is 0.241 e. The van der Waals surface area contributed by atoms with Crippen LogP contribution >= 0.6 is 0 Å². The molecule has 4 aliphatic rings. The van der Waals surface area contributed by atoms with Crippen molar-refractivity contribution in [3.8, 4) is 0 Å². The first-order chi connectivity index (χ1) is 20.6. The summed E-state index contributed by atoms with van der Waals surface area (Å²) < 4.78 is 35.9. The monoisotopic (exact) mass is 726 g/mol. The highest BCUT2D eigenvalue weighted by molar-refractivity contribution is 6.71. The Balaban J connectivity index is 1.83. The van der Waals surface area contributed by atoms with Gasteiger partial charge in [0.2, 0.25) is 8.32 Å². The summed E-state index contributed by atoms with van der Waals surface area (Å²) in [4.78, 5) is 0. The van der Waals surface area contributed by atoms with Crippen LogP contribution in [0.5, 0.6) is 0 Å². The largest absolute Gasteiger partial charge is 0.548 e. The van der Waals surface area contributed by atoms with E-state index in [1.807, 2.05) is 0 Å². The predicted octanol–water partition coefficient (Wildman–Crippen LogP) is 10.9. The second-order valence-electron chi connectivity index (χ2n) is 21.0. The third kappa shape index (κ3) is 8.66. The van der Waals surface area contributed by atoms with Crippen molar-refractivity contribution >= 4 is 41.6 Å². The van der Waals surface area contributed by atoms with E-state index in [-0.39, 0.29) is 28.6 Å². The fourth-order valence-electron chi connectivity index (χ4n) is 10.3. The Morgan fingerprint density at radius 2 is 1.37 bits per heavy atom. The maximum Gasteiger partial charge on any atom is 0.241 e. The van der Waals surface area contributed by atoms with Crippen LogP contribution < -0.4 is 0 Å². The molecular formula is C36H74O5Si5. The van der Waals surface area contributed by atoms with E-state index in [0.29, 0.717) is 30.3 Å². The van der Waals surface area contributed by atoms with E-state index in [4.69, 9.17) is 22.1 Å². The molecule has 0 radical (unpaired) electrons. The molecule has 4 rings (SSSR count). The molecule has 268 valence electrons. The van der Waals surface area contributed by atoms with Crippen molar-refractivity contribution in [1.82, 2.24) is 0 Å². The van der Waals surface area contributed by atoms with Gasteiger partial charge in [-0.2, -0.15) is 0 Å².